The zero-order chi connectivity index (χ0) is 64.4. The van der Waals surface area contributed by atoms with Crippen LogP contribution in [0.2, 0.25) is 0 Å². The predicted molar refractivity (Wildman–Crippen MR) is 363 cm³/mol. The number of hydrogen-bond acceptors (Lipinski definition) is 8. The van der Waals surface area contributed by atoms with Crippen molar-refractivity contribution in [3.05, 3.63) is 197 Å². The van der Waals surface area contributed by atoms with Crippen LogP contribution in [0.25, 0.3) is 0 Å². The van der Waals surface area contributed by atoms with E-state index in [1.54, 1.807) is 0 Å². The number of benzene rings is 6. The van der Waals surface area contributed by atoms with Crippen molar-refractivity contribution >= 4 is 11.5 Å². The molecule has 3 aliphatic rings. The second-order valence-corrected chi connectivity index (χ2v) is 31.0. The number of nitrogens with one attached hydrogen (secondary N) is 1. The van der Waals surface area contributed by atoms with Crippen LogP contribution in [0, 0.1) is 5.41 Å². The first-order chi connectivity index (χ1) is 41.0. The summed E-state index contributed by atoms with van der Waals surface area (Å²) in [6.07, 6.45) is 5.68. The number of rotatable bonds is 8. The van der Waals surface area contributed by atoms with Crippen molar-refractivity contribution in [2.75, 3.05) is 26.4 Å². The summed E-state index contributed by atoms with van der Waals surface area (Å²) in [5, 5.41) is 10.3. The van der Waals surface area contributed by atoms with Crippen molar-refractivity contribution in [3.63, 3.8) is 0 Å². The smallest absolute Gasteiger partial charge is 0.186 e. The van der Waals surface area contributed by atoms with Crippen molar-refractivity contribution < 1.29 is 33.2 Å². The summed E-state index contributed by atoms with van der Waals surface area (Å²) >= 11 is 0. The van der Waals surface area contributed by atoms with Crippen molar-refractivity contribution in [1.29, 1.82) is 5.41 Å². The van der Waals surface area contributed by atoms with Gasteiger partial charge in [-0.1, -0.05) is 197 Å². The average molecular weight is 1190 g/mol. The Balaban J connectivity index is 1.54. The largest absolute Gasteiger partial charge is 0.493 e. The number of carbonyl (C=O) groups is 1. The van der Waals surface area contributed by atoms with Crippen LogP contribution in [-0.2, 0) is 75.8 Å². The molecule has 6 aromatic rings. The Morgan fingerprint density at radius 1 is 0.318 bits per heavy atom. The van der Waals surface area contributed by atoms with Crippen LogP contribution in [0.4, 0.5) is 0 Å². The van der Waals surface area contributed by atoms with Gasteiger partial charge in [-0.3, -0.25) is 10.2 Å². The van der Waals surface area contributed by atoms with Crippen LogP contribution < -0.4 is 28.4 Å². The molecule has 1 aliphatic carbocycles. The minimum Gasteiger partial charge on any atom is -0.493 e. The van der Waals surface area contributed by atoms with Gasteiger partial charge in [0.2, 0.25) is 0 Å². The van der Waals surface area contributed by atoms with Gasteiger partial charge in [-0.25, -0.2) is 0 Å². The molecule has 8 heteroatoms. The van der Waals surface area contributed by atoms with Gasteiger partial charge >= 0.3 is 0 Å². The second-order valence-electron chi connectivity index (χ2n) is 31.0. The number of ketones is 1. The van der Waals surface area contributed by atoms with Gasteiger partial charge in [0.15, 0.2) is 17.3 Å². The number of fused-ring (bicyclic) bond motifs is 8. The number of ether oxygens (including phenoxy) is 6. The minimum absolute atomic E-state index is 0.0338. The molecule has 0 unspecified atom stereocenters. The van der Waals surface area contributed by atoms with Crippen molar-refractivity contribution in [3.8, 4) is 34.5 Å². The Morgan fingerprint density at radius 3 is 0.659 bits per heavy atom. The summed E-state index contributed by atoms with van der Waals surface area (Å²) in [5.74, 6) is 4.36. The van der Waals surface area contributed by atoms with E-state index in [-0.39, 0.29) is 55.5 Å². The fourth-order valence-corrected chi connectivity index (χ4v) is 12.5. The van der Waals surface area contributed by atoms with Gasteiger partial charge in [0.1, 0.15) is 40.2 Å². The average Bonchev–Trinajstić information content (AvgIpc) is 0.835. The Morgan fingerprint density at radius 2 is 0.489 bits per heavy atom. The van der Waals surface area contributed by atoms with Crippen LogP contribution in [0.3, 0.4) is 0 Å². The molecule has 8 nitrogen and oxygen atoms in total. The molecular weight excluding hydrogens is 1090 g/mol. The second kappa shape index (κ2) is 24.4. The maximum Gasteiger partial charge on any atom is 0.186 e. The van der Waals surface area contributed by atoms with Crippen LogP contribution >= 0.6 is 0 Å². The van der Waals surface area contributed by atoms with E-state index in [1.807, 2.05) is 0 Å². The monoisotopic (exact) mass is 1190 g/mol. The summed E-state index contributed by atoms with van der Waals surface area (Å²) in [6, 6.07) is 27.9. The summed E-state index contributed by atoms with van der Waals surface area (Å²) in [6.45, 7) is 51.0. The van der Waals surface area contributed by atoms with Gasteiger partial charge in [0.05, 0.1) is 26.4 Å². The molecule has 0 spiro atoms. The highest BCUT2D eigenvalue weighted by Gasteiger charge is 2.34. The Bertz CT molecular complexity index is 3330. The summed E-state index contributed by atoms with van der Waals surface area (Å²) in [4.78, 5) is 14.7. The van der Waals surface area contributed by atoms with Gasteiger partial charge in [0.25, 0.3) is 0 Å². The van der Waals surface area contributed by atoms with E-state index in [0.717, 1.165) is 101 Å². The van der Waals surface area contributed by atoms with E-state index < -0.39 is 0 Å². The third kappa shape index (κ3) is 14.0. The molecule has 0 saturated heterocycles. The first kappa shape index (κ1) is 65.4. The van der Waals surface area contributed by atoms with E-state index in [2.05, 4.69) is 225 Å². The van der Waals surface area contributed by atoms with Crippen molar-refractivity contribution in [1.82, 2.24) is 0 Å². The van der Waals surface area contributed by atoms with Gasteiger partial charge in [-0.2, -0.15) is 0 Å². The summed E-state index contributed by atoms with van der Waals surface area (Å²) in [7, 11) is 0. The molecule has 468 valence electrons. The lowest BCUT2D eigenvalue weighted by molar-refractivity contribution is -0.110. The number of hydrogen-bond donors (Lipinski definition) is 1. The van der Waals surface area contributed by atoms with E-state index in [9.17, 15) is 10.2 Å². The van der Waals surface area contributed by atoms with Gasteiger partial charge < -0.3 is 28.4 Å². The fraction of sp³-hybridized carbons (Fsp3) is 0.475. The molecule has 0 radical (unpaired) electrons. The SMILES string of the molecule is CCOc1c2cc(C(C)(C)C)cc1Cc1cc(C(C)(C)C)cc3c1OC1=CC(=O)C=C(Oc4c(cc(C(C)(C)C)cc4Cc4cc(C(C)(C)C)cc(c4OCC)Cc4cc(C(C)(C)C)cc(c4OCC)C3)Cc3cc(C(C)(C)C)cc(c3OCC)C2)C1=N. The van der Waals surface area contributed by atoms with Crippen molar-refractivity contribution in [2.24, 2.45) is 0 Å². The van der Waals surface area contributed by atoms with Crippen LogP contribution in [0.1, 0.15) is 252 Å². The van der Waals surface area contributed by atoms with Crippen LogP contribution in [0.5, 0.6) is 34.5 Å². The molecule has 88 heavy (non-hydrogen) atoms. The molecule has 9 rings (SSSR count). The molecular formula is C80H101NO7. The van der Waals surface area contributed by atoms with E-state index >= 15 is 0 Å². The first-order valence-electron chi connectivity index (χ1n) is 32.4. The molecule has 1 N–H and O–H groups in total. The molecule has 12 bridgehead atoms. The summed E-state index contributed by atoms with van der Waals surface area (Å²) < 4.78 is 43.0. The number of allylic oxidation sites excluding steroid dienone is 2. The molecule has 0 saturated carbocycles. The molecule has 0 amide bonds. The topological polar surface area (TPSA) is 96.3 Å². The highest BCUT2D eigenvalue weighted by atomic mass is 16.5. The maximum absolute atomic E-state index is 14.7. The molecule has 2 heterocycles. The fourth-order valence-electron chi connectivity index (χ4n) is 12.5. The van der Waals surface area contributed by atoms with Crippen molar-refractivity contribution in [2.45, 2.75) is 223 Å². The summed E-state index contributed by atoms with van der Waals surface area (Å²) in [5.41, 5.74) is 17.3. The van der Waals surface area contributed by atoms with Crippen LogP contribution in [0.15, 0.2) is 96.5 Å². The lowest BCUT2D eigenvalue weighted by atomic mass is 9.79. The predicted octanol–water partition coefficient (Wildman–Crippen LogP) is 19.1. The van der Waals surface area contributed by atoms with Gasteiger partial charge in [0, 0.05) is 50.7 Å². The maximum atomic E-state index is 14.7. The lowest BCUT2D eigenvalue weighted by Gasteiger charge is -2.30. The van der Waals surface area contributed by atoms with Gasteiger partial charge in [-0.05, 0) is 160 Å². The molecule has 0 atom stereocenters. The normalized spacial score (nSPS) is 15.0. The quantitative estimate of drug-likeness (QED) is 0.151. The minimum atomic E-state index is -0.335. The molecule has 2 aliphatic heterocycles. The zero-order valence-corrected chi connectivity index (χ0v) is 57.5. The van der Waals surface area contributed by atoms with Crippen LogP contribution in [-0.4, -0.2) is 37.9 Å². The highest BCUT2D eigenvalue weighted by Crippen LogP contribution is 2.47. The third-order valence-electron chi connectivity index (χ3n) is 17.6. The molecule has 0 fully saturated rings. The Hall–Kier alpha value is -7.06. The zero-order valence-electron chi connectivity index (χ0n) is 57.5. The van der Waals surface area contributed by atoms with E-state index in [0.29, 0.717) is 76.5 Å². The highest BCUT2D eigenvalue weighted by molar-refractivity contribution is 6.20. The standard InChI is InChI=1S/C80H101NO7/c1-23-83-69-47-27-48-34-60(76(8,9)10)38-52(70(48)84-24-2)30-57-43-64(80(20,21)22)44-58-32-54-40-62(78(14,15)16)36-50(72(54)86-26-4)28-49-35-61(77(11,12)13)39-53(71(49)85-25-3)31-56-42-63(79(17,18)19)41-55(29-51(69)37-59(33-47)75(5,6)7)73(56)87-66-45-65(82)46-67(68(66)81)88-74(57)58/h33-46,81H,23-32H2,1-22H3. The Labute approximate surface area is 528 Å². The Kier molecular flexibility index (Phi) is 18.1. The van der Waals surface area contributed by atoms with E-state index in [1.165, 1.54) is 34.4 Å². The molecule has 0 aromatic heterocycles. The lowest BCUT2D eigenvalue weighted by Crippen LogP contribution is -2.23. The third-order valence-corrected chi connectivity index (χ3v) is 17.6. The van der Waals surface area contributed by atoms with E-state index in [4.69, 9.17) is 28.4 Å². The molecule has 6 aromatic carbocycles. The first-order valence-corrected chi connectivity index (χ1v) is 32.4. The van der Waals surface area contributed by atoms with Gasteiger partial charge in [-0.15, -0.1) is 0 Å². The number of carbonyl (C=O) groups excluding carboxylic acids is 1.